The number of anilines is 1. The predicted octanol–water partition coefficient (Wildman–Crippen LogP) is 9.02. The number of nitrogens with one attached hydrogen (secondary N) is 1. The molecule has 1 aliphatic rings. The minimum Gasteiger partial charge on any atom is -0.444 e. The van der Waals surface area contributed by atoms with Crippen LogP contribution in [0.1, 0.15) is 89.5 Å². The van der Waals surface area contributed by atoms with Crippen molar-refractivity contribution in [3.05, 3.63) is 94.8 Å². The first-order chi connectivity index (χ1) is 29.4. The predicted molar refractivity (Wildman–Crippen MR) is 220 cm³/mol. The van der Waals surface area contributed by atoms with E-state index in [1.54, 1.807) is 60.6 Å². The number of aryl methyl sites for hydroxylation is 1. The van der Waals surface area contributed by atoms with E-state index in [2.05, 4.69) is 10.3 Å². The number of amides is 3. The molecular formula is C43H50F7N4O9P. The monoisotopic (exact) mass is 930 g/mol. The van der Waals surface area contributed by atoms with E-state index in [1.807, 2.05) is 0 Å². The Bertz CT molecular complexity index is 2240. The summed E-state index contributed by atoms with van der Waals surface area (Å²) in [6.45, 7) is 10.7. The molecule has 3 N–H and O–H groups in total. The first kappa shape index (κ1) is 51.3. The van der Waals surface area contributed by atoms with Gasteiger partial charge in [-0.15, -0.1) is 0 Å². The highest BCUT2D eigenvalue weighted by Crippen LogP contribution is 2.55. The van der Waals surface area contributed by atoms with E-state index in [-0.39, 0.29) is 34.7 Å². The summed E-state index contributed by atoms with van der Waals surface area (Å²) < 4.78 is 131. The third-order valence-corrected chi connectivity index (χ3v) is 11.2. The minimum absolute atomic E-state index is 0.0743. The first-order valence-electron chi connectivity index (χ1n) is 19.9. The van der Waals surface area contributed by atoms with Gasteiger partial charge in [-0.2, -0.15) is 26.3 Å². The van der Waals surface area contributed by atoms with Crippen LogP contribution in [0.4, 0.5) is 36.4 Å². The van der Waals surface area contributed by atoms with Gasteiger partial charge in [-0.1, -0.05) is 42.5 Å². The Labute approximate surface area is 365 Å². The molecule has 0 unspecified atom stereocenters. The third-order valence-electron chi connectivity index (χ3n) is 9.18. The van der Waals surface area contributed by atoms with E-state index in [9.17, 15) is 54.5 Å². The molecule has 3 amide bonds. The van der Waals surface area contributed by atoms with Crippen LogP contribution in [0.25, 0.3) is 0 Å². The van der Waals surface area contributed by atoms with Gasteiger partial charge >= 0.3 is 26.1 Å². The summed E-state index contributed by atoms with van der Waals surface area (Å²) in [5.41, 5.74) is 4.51. The molecule has 13 nitrogen and oxygen atoms in total. The number of phosphoric acid groups is 1. The van der Waals surface area contributed by atoms with E-state index in [4.69, 9.17) is 24.0 Å². The highest BCUT2D eigenvalue weighted by atomic mass is 31.2. The number of ether oxygens (including phenoxy) is 1. The number of hydrogen-bond acceptors (Lipinski definition) is 10. The lowest BCUT2D eigenvalue weighted by Crippen LogP contribution is -2.51. The molecule has 3 aromatic carbocycles. The van der Waals surface area contributed by atoms with Crippen molar-refractivity contribution in [1.82, 2.24) is 5.32 Å². The Kier molecular flexibility index (Phi) is 16.2. The fourth-order valence-electron chi connectivity index (χ4n) is 6.62. The molecule has 0 radical (unpaired) electrons. The maximum atomic E-state index is 14.6. The van der Waals surface area contributed by atoms with E-state index >= 15 is 0 Å². The fourth-order valence-corrected chi connectivity index (χ4v) is 8.46. The Morgan fingerprint density at radius 1 is 0.844 bits per heavy atom. The lowest BCUT2D eigenvalue weighted by molar-refractivity contribution is -0.152. The fraction of sp³-hybridized carbons (Fsp3) is 0.465. The van der Waals surface area contributed by atoms with Crippen molar-refractivity contribution in [3.63, 3.8) is 0 Å². The van der Waals surface area contributed by atoms with E-state index in [0.717, 1.165) is 17.0 Å². The molecule has 64 heavy (non-hydrogen) atoms. The molecular weight excluding hydrogens is 880 g/mol. The maximum Gasteiger partial charge on any atom is 0.531 e. The number of primary amides is 1. The molecule has 1 heterocycles. The number of benzodiazepines with no additional fused rings is 1. The van der Waals surface area contributed by atoms with E-state index in [0.29, 0.717) is 11.1 Å². The first-order valence-corrected chi connectivity index (χ1v) is 21.3. The Morgan fingerprint density at radius 3 is 1.94 bits per heavy atom. The molecule has 0 saturated heterocycles. The van der Waals surface area contributed by atoms with Crippen LogP contribution < -0.4 is 20.5 Å². The molecule has 3 atom stereocenters. The summed E-state index contributed by atoms with van der Waals surface area (Å²) in [7, 11) is -4.16. The number of halogens is 7. The number of benzene rings is 3. The van der Waals surface area contributed by atoms with Crippen LogP contribution in [-0.2, 0) is 43.9 Å². The van der Waals surface area contributed by atoms with Gasteiger partial charge in [0, 0.05) is 35.8 Å². The number of rotatable bonds is 17. The number of nitrogens with two attached hydrogens (primary N) is 1. The lowest BCUT2D eigenvalue weighted by atomic mass is 9.83. The van der Waals surface area contributed by atoms with Crippen LogP contribution in [0, 0.1) is 24.6 Å². The average Bonchev–Trinajstić information content (AvgIpc) is 3.24. The van der Waals surface area contributed by atoms with Gasteiger partial charge in [-0.3, -0.25) is 33.1 Å². The van der Waals surface area contributed by atoms with E-state index < -0.39 is 111 Å². The topological polar surface area (TPSA) is 176 Å². The third kappa shape index (κ3) is 15.4. The van der Waals surface area contributed by atoms with Crippen molar-refractivity contribution in [3.8, 4) is 5.75 Å². The van der Waals surface area contributed by atoms with Crippen molar-refractivity contribution in [2.24, 2.45) is 22.6 Å². The van der Waals surface area contributed by atoms with Crippen LogP contribution in [0.3, 0.4) is 0 Å². The second kappa shape index (κ2) is 20.2. The van der Waals surface area contributed by atoms with Crippen LogP contribution in [0.15, 0.2) is 71.7 Å². The average molecular weight is 931 g/mol. The number of carbonyl (C=O) groups excluding carboxylic acids is 4. The standard InChI is InChI=1S/C43H50F7N4O9P/c1-25-10-8-13-32-34(27-11-9-12-28(44)23-27)52-37(53-38(57)31(19-21-43(48,49)50)30(36(51)56)18-20-42(45,46)47)39(58)54(35(25)32)24-60-33(55)22-26-14-16-29(17-15-26)61-64(59,62-40(2,3)4)63-41(5,6)7/h8-17,23,30-31,37H,18-22,24H2,1-7H3,(H2,51,56)(H,53,57)/t30-,31+,37+/m0/s1. The highest BCUT2D eigenvalue weighted by Gasteiger charge is 2.42. The van der Waals surface area contributed by atoms with Gasteiger partial charge in [0.05, 0.1) is 29.0 Å². The molecule has 0 saturated carbocycles. The van der Waals surface area contributed by atoms with Crippen LogP contribution in [0.2, 0.25) is 0 Å². The summed E-state index contributed by atoms with van der Waals surface area (Å²) >= 11 is 0. The summed E-state index contributed by atoms with van der Waals surface area (Å²) in [5, 5.41) is 2.19. The minimum atomic E-state index is -4.91. The van der Waals surface area contributed by atoms with Gasteiger partial charge in [0.1, 0.15) is 11.6 Å². The second-order valence-electron chi connectivity index (χ2n) is 17.0. The van der Waals surface area contributed by atoms with Crippen molar-refractivity contribution in [1.29, 1.82) is 0 Å². The molecule has 4 rings (SSSR count). The number of aliphatic imine (C=N–C) groups is 1. The molecule has 0 spiro atoms. The van der Waals surface area contributed by atoms with Gasteiger partial charge < -0.3 is 20.3 Å². The molecule has 0 fully saturated rings. The van der Waals surface area contributed by atoms with Crippen molar-refractivity contribution in [2.45, 2.75) is 110 Å². The number of alkyl halides is 6. The number of nitrogens with zero attached hydrogens (tertiary/aromatic N) is 2. The molecule has 350 valence electrons. The quantitative estimate of drug-likeness (QED) is 0.0760. The molecule has 0 aliphatic carbocycles. The smallest absolute Gasteiger partial charge is 0.444 e. The second-order valence-corrected chi connectivity index (χ2v) is 18.4. The van der Waals surface area contributed by atoms with Gasteiger partial charge in [0.15, 0.2) is 6.73 Å². The van der Waals surface area contributed by atoms with Crippen LogP contribution in [-0.4, -0.2) is 65.9 Å². The Balaban J connectivity index is 1.67. The zero-order valence-electron chi connectivity index (χ0n) is 36.1. The molecule has 0 aromatic heterocycles. The van der Waals surface area contributed by atoms with E-state index in [1.165, 1.54) is 42.5 Å². The molecule has 21 heteroatoms. The van der Waals surface area contributed by atoms with Gasteiger partial charge in [-0.05, 0) is 96.7 Å². The largest absolute Gasteiger partial charge is 0.531 e. The number of fused-ring (bicyclic) bond motifs is 1. The van der Waals surface area contributed by atoms with Crippen LogP contribution in [0.5, 0.6) is 5.75 Å². The Morgan fingerprint density at radius 2 is 1.41 bits per heavy atom. The lowest BCUT2D eigenvalue weighted by Gasteiger charge is -2.30. The summed E-state index contributed by atoms with van der Waals surface area (Å²) in [4.78, 5) is 59.5. The van der Waals surface area contributed by atoms with Gasteiger partial charge in [0.2, 0.25) is 18.0 Å². The number of esters is 1. The highest BCUT2D eigenvalue weighted by molar-refractivity contribution is 7.49. The number of phosphoric ester groups is 1. The number of para-hydroxylation sites is 1. The Hall–Kier alpha value is -5.33. The molecule has 0 bridgehead atoms. The van der Waals surface area contributed by atoms with Gasteiger partial charge in [-0.25, -0.2) is 13.9 Å². The summed E-state index contributed by atoms with van der Waals surface area (Å²) in [6.07, 6.45) is -17.9. The van der Waals surface area contributed by atoms with Crippen molar-refractivity contribution in [2.75, 3.05) is 11.6 Å². The van der Waals surface area contributed by atoms with Crippen molar-refractivity contribution < 1.29 is 72.8 Å². The number of hydrogen-bond donors (Lipinski definition) is 2. The normalized spacial score (nSPS) is 16.0. The summed E-state index contributed by atoms with van der Waals surface area (Å²) in [5.74, 6) is -9.74. The number of carbonyl (C=O) groups is 4. The molecule has 3 aromatic rings. The SMILES string of the molecule is Cc1cccc2c1N(COC(=O)Cc1ccc(OP(=O)(OC(C)(C)C)OC(C)(C)C)cc1)C(=O)[C@@H](NC(=O)[C@H](CCC(F)(F)F)[C@H](CCC(F)(F)F)C(N)=O)N=C2c1cccc(F)c1. The van der Waals surface area contributed by atoms with Crippen LogP contribution >= 0.6 is 7.82 Å². The van der Waals surface area contributed by atoms with Crippen molar-refractivity contribution >= 4 is 42.9 Å². The maximum absolute atomic E-state index is 14.6. The zero-order chi connectivity index (χ0) is 48.0. The summed E-state index contributed by atoms with van der Waals surface area (Å²) in [6, 6.07) is 15.3. The molecule has 1 aliphatic heterocycles. The van der Waals surface area contributed by atoms with Gasteiger partial charge in [0.25, 0.3) is 5.91 Å². The zero-order valence-corrected chi connectivity index (χ0v) is 37.0.